The molecule has 2 aromatic carbocycles. The third-order valence-electron chi connectivity index (χ3n) is 2.91. The highest BCUT2D eigenvalue weighted by Crippen LogP contribution is 2.32. The van der Waals surface area contributed by atoms with Crippen LogP contribution in [0, 0.1) is 6.85 Å². The first-order valence-corrected chi connectivity index (χ1v) is 5.38. The highest BCUT2D eigenvalue weighted by Gasteiger charge is 2.08. The molecule has 0 aliphatic rings. The summed E-state index contributed by atoms with van der Waals surface area (Å²) in [7, 11) is 1.60. The molecule has 84 valence electrons. The number of aryl methyl sites for hydroxylation is 1. The Bertz CT molecular complexity index is 796. The second-order valence-corrected chi connectivity index (χ2v) is 3.86. The van der Waals surface area contributed by atoms with Gasteiger partial charge in [0.2, 0.25) is 0 Å². The molecule has 2 heteroatoms. The second-order valence-electron chi connectivity index (χ2n) is 3.86. The molecule has 17 heavy (non-hydrogen) atoms. The van der Waals surface area contributed by atoms with Crippen molar-refractivity contribution in [2.75, 3.05) is 7.11 Å². The van der Waals surface area contributed by atoms with Gasteiger partial charge in [-0.2, -0.15) is 0 Å². The maximum absolute atomic E-state index is 7.67. The van der Waals surface area contributed by atoms with Gasteiger partial charge >= 0.3 is 0 Å². The molecular weight excluding hydrogens is 210 g/mol. The number of aromatic nitrogens is 1. The zero-order valence-corrected chi connectivity index (χ0v) is 9.40. The second kappa shape index (κ2) is 3.74. The molecule has 0 radical (unpaired) electrons. The molecule has 0 saturated carbocycles. The Morgan fingerprint density at radius 3 is 2.65 bits per heavy atom. The molecule has 0 amide bonds. The maximum atomic E-state index is 7.67. The Morgan fingerprint density at radius 1 is 1.06 bits per heavy atom. The first kappa shape index (κ1) is 7.28. The first-order chi connectivity index (χ1) is 9.52. The summed E-state index contributed by atoms with van der Waals surface area (Å²) in [5, 5.41) is 2.34. The van der Waals surface area contributed by atoms with E-state index in [1.807, 2.05) is 30.3 Å². The highest BCUT2D eigenvalue weighted by molar-refractivity contribution is 6.09. The van der Waals surface area contributed by atoms with Crippen molar-refractivity contribution in [3.05, 3.63) is 48.2 Å². The molecule has 2 nitrogen and oxygen atoms in total. The lowest BCUT2D eigenvalue weighted by Crippen LogP contribution is -1.91. The lowest BCUT2D eigenvalue weighted by molar-refractivity contribution is 0.420. The maximum Gasteiger partial charge on any atom is 0.128 e. The normalized spacial score (nSPS) is 14.3. The Morgan fingerprint density at radius 2 is 1.88 bits per heavy atom. The minimum Gasteiger partial charge on any atom is -0.496 e. The molecule has 0 unspecified atom stereocenters. The predicted octanol–water partition coefficient (Wildman–Crippen LogP) is 3.71. The van der Waals surface area contributed by atoms with Crippen LogP contribution in [0.5, 0.6) is 5.75 Å². The van der Waals surface area contributed by atoms with E-state index in [9.17, 15) is 0 Å². The van der Waals surface area contributed by atoms with Crippen LogP contribution in [0.3, 0.4) is 0 Å². The van der Waals surface area contributed by atoms with E-state index in [2.05, 4.69) is 4.98 Å². The van der Waals surface area contributed by atoms with E-state index in [4.69, 9.17) is 8.85 Å². The van der Waals surface area contributed by atoms with E-state index >= 15 is 0 Å². The van der Waals surface area contributed by atoms with E-state index in [0.29, 0.717) is 16.7 Å². The fraction of sp³-hybridized carbons (Fsp3) is 0.133. The van der Waals surface area contributed by atoms with Crippen LogP contribution in [-0.4, -0.2) is 12.1 Å². The monoisotopic (exact) mass is 226 g/mol. The van der Waals surface area contributed by atoms with Gasteiger partial charge in [0, 0.05) is 15.2 Å². The van der Waals surface area contributed by atoms with Crippen molar-refractivity contribution in [1.82, 2.24) is 4.98 Å². The van der Waals surface area contributed by atoms with Gasteiger partial charge in [0.1, 0.15) is 5.75 Å². The Hall–Kier alpha value is -2.09. The van der Waals surface area contributed by atoms with Gasteiger partial charge in [-0.1, -0.05) is 30.3 Å². The molecule has 0 atom stereocenters. The van der Waals surface area contributed by atoms with Crippen LogP contribution < -0.4 is 4.74 Å². The quantitative estimate of drug-likeness (QED) is 0.590. The summed E-state index contributed by atoms with van der Waals surface area (Å²) >= 11 is 0. The van der Waals surface area contributed by atoms with Crippen molar-refractivity contribution >= 4 is 21.7 Å². The van der Waals surface area contributed by atoms with E-state index in [0.717, 1.165) is 10.8 Å². The average Bonchev–Trinajstić information content (AvgIpc) is 2.44. The molecular formula is C15H13NO. The molecule has 1 aromatic heterocycles. The predicted molar refractivity (Wildman–Crippen MR) is 70.5 cm³/mol. The topological polar surface area (TPSA) is 22.1 Å². The molecule has 0 spiro atoms. The lowest BCUT2D eigenvalue weighted by Gasteiger charge is -2.09. The Kier molecular flexibility index (Phi) is 1.60. The summed E-state index contributed by atoms with van der Waals surface area (Å²) in [4.78, 5) is 4.34. The molecule has 0 aliphatic carbocycles. The van der Waals surface area contributed by atoms with Crippen molar-refractivity contribution in [3.8, 4) is 5.75 Å². The van der Waals surface area contributed by atoms with Gasteiger partial charge in [-0.25, -0.2) is 0 Å². The first-order valence-electron chi connectivity index (χ1n) is 6.88. The number of nitrogens with zero attached hydrogens (tertiary/aromatic N) is 1. The summed E-state index contributed by atoms with van der Waals surface area (Å²) < 4.78 is 28.4. The van der Waals surface area contributed by atoms with Crippen LogP contribution >= 0.6 is 0 Å². The number of methoxy groups -OCH3 is 1. The largest absolute Gasteiger partial charge is 0.496 e. The van der Waals surface area contributed by atoms with E-state index in [1.54, 1.807) is 19.2 Å². The van der Waals surface area contributed by atoms with Crippen molar-refractivity contribution < 1.29 is 8.85 Å². The number of hydrogen-bond acceptors (Lipinski definition) is 2. The van der Waals surface area contributed by atoms with E-state index < -0.39 is 6.85 Å². The SMILES string of the molecule is [2H]C([2H])([2H])c1nc2cccc(OC)c2c2ccccc12. The molecule has 0 bridgehead atoms. The van der Waals surface area contributed by atoms with Crippen molar-refractivity contribution in [2.45, 2.75) is 6.85 Å². The number of pyridine rings is 1. The van der Waals surface area contributed by atoms with Gasteiger partial charge in [0.25, 0.3) is 0 Å². The summed E-state index contributed by atoms with van der Waals surface area (Å²) in [5.74, 6) is 0.697. The van der Waals surface area contributed by atoms with Gasteiger partial charge in [0.05, 0.1) is 18.0 Å². The molecule has 3 aromatic rings. The van der Waals surface area contributed by atoms with Crippen molar-refractivity contribution in [1.29, 1.82) is 0 Å². The van der Waals surface area contributed by atoms with Gasteiger partial charge in [-0.3, -0.25) is 4.98 Å². The van der Waals surface area contributed by atoms with Crippen LogP contribution in [0.2, 0.25) is 0 Å². The Labute approximate surface area is 104 Å². The van der Waals surface area contributed by atoms with Crippen molar-refractivity contribution in [2.24, 2.45) is 0 Å². The van der Waals surface area contributed by atoms with Crippen LogP contribution in [0.25, 0.3) is 21.7 Å². The van der Waals surface area contributed by atoms with Crippen molar-refractivity contribution in [3.63, 3.8) is 0 Å². The Balaban J connectivity index is 2.56. The third kappa shape index (κ3) is 1.45. The highest BCUT2D eigenvalue weighted by atomic mass is 16.5. The molecule has 3 rings (SSSR count). The third-order valence-corrected chi connectivity index (χ3v) is 2.91. The summed E-state index contributed by atoms with van der Waals surface area (Å²) in [6, 6.07) is 12.9. The molecule has 0 aliphatic heterocycles. The summed E-state index contributed by atoms with van der Waals surface area (Å²) in [6.45, 7) is -2.24. The molecule has 0 N–H and O–H groups in total. The van der Waals surface area contributed by atoms with Gasteiger partial charge in [-0.05, 0) is 24.4 Å². The van der Waals surface area contributed by atoms with Crippen LogP contribution in [0.4, 0.5) is 0 Å². The minimum atomic E-state index is -2.24. The van der Waals surface area contributed by atoms with E-state index in [-0.39, 0.29) is 5.69 Å². The van der Waals surface area contributed by atoms with Gasteiger partial charge in [-0.15, -0.1) is 0 Å². The average molecular weight is 226 g/mol. The zero-order valence-electron chi connectivity index (χ0n) is 12.4. The summed E-state index contributed by atoms with van der Waals surface area (Å²) in [5.41, 5.74) is 0.767. The lowest BCUT2D eigenvalue weighted by atomic mass is 10.0. The number of hydrogen-bond donors (Lipinski definition) is 0. The fourth-order valence-corrected chi connectivity index (χ4v) is 2.14. The summed E-state index contributed by atoms with van der Waals surface area (Å²) in [6.07, 6.45) is 0. The standard InChI is InChI=1S/C15H13NO/c1-10-11-6-3-4-7-12(11)15-13(16-10)8-5-9-14(15)17-2/h3-9H,1-2H3/i1D3. The van der Waals surface area contributed by atoms with Gasteiger partial charge < -0.3 is 4.74 Å². The number of benzene rings is 2. The zero-order chi connectivity index (χ0) is 14.3. The van der Waals surface area contributed by atoms with E-state index in [1.165, 1.54) is 0 Å². The number of rotatable bonds is 1. The smallest absolute Gasteiger partial charge is 0.128 e. The van der Waals surface area contributed by atoms with Gasteiger partial charge in [0.15, 0.2) is 0 Å². The molecule has 0 saturated heterocycles. The fourth-order valence-electron chi connectivity index (χ4n) is 2.14. The van der Waals surface area contributed by atoms with Crippen LogP contribution in [0.1, 0.15) is 9.81 Å². The molecule has 1 heterocycles. The molecule has 0 fully saturated rings. The minimum absolute atomic E-state index is 0.133. The van der Waals surface area contributed by atoms with Crippen LogP contribution in [0.15, 0.2) is 42.5 Å². The van der Waals surface area contributed by atoms with Crippen LogP contribution in [-0.2, 0) is 0 Å². The number of ether oxygens (including phenoxy) is 1. The number of fused-ring (bicyclic) bond motifs is 3.